The molecule has 0 spiro atoms. The molecule has 1 aromatic carbocycles. The molecule has 12 nitrogen and oxygen atoms in total. The zero-order valence-corrected chi connectivity index (χ0v) is 18.1. The van der Waals surface area contributed by atoms with Crippen LogP contribution in [0.3, 0.4) is 0 Å². The molecule has 1 aliphatic rings. The number of carbonyl (C=O) groups is 1. The van der Waals surface area contributed by atoms with Gasteiger partial charge in [-0.05, 0) is 42.7 Å². The number of hydrogen-bond donors (Lipinski definition) is 3. The first kappa shape index (κ1) is 20.8. The van der Waals surface area contributed by atoms with Gasteiger partial charge in [-0.3, -0.25) is 9.69 Å². The quantitative estimate of drug-likeness (QED) is 0.298. The summed E-state index contributed by atoms with van der Waals surface area (Å²) in [6.45, 7) is 3.54. The van der Waals surface area contributed by atoms with Crippen LogP contribution in [0.2, 0.25) is 0 Å². The zero-order chi connectivity index (χ0) is 22.8. The van der Waals surface area contributed by atoms with Gasteiger partial charge in [-0.2, -0.15) is 9.78 Å². The third-order valence-electron chi connectivity index (χ3n) is 5.96. The van der Waals surface area contributed by atoms with Crippen molar-refractivity contribution in [3.05, 3.63) is 47.4 Å². The highest BCUT2D eigenvalue weighted by Gasteiger charge is 2.28. The number of nitrogens with two attached hydrogens (primary N) is 1. The van der Waals surface area contributed by atoms with Crippen molar-refractivity contribution in [3.63, 3.8) is 0 Å². The fraction of sp³-hybridized carbons (Fsp3) is 0.333. The van der Waals surface area contributed by atoms with E-state index in [1.54, 1.807) is 6.21 Å². The molecular formula is C21H24N10O2. The van der Waals surface area contributed by atoms with E-state index in [0.717, 1.165) is 35.9 Å². The van der Waals surface area contributed by atoms with Gasteiger partial charge in [-0.15, -0.1) is 5.10 Å². The summed E-state index contributed by atoms with van der Waals surface area (Å²) < 4.78 is 6.13. The van der Waals surface area contributed by atoms with Crippen molar-refractivity contribution in [2.45, 2.75) is 38.8 Å². The molecule has 0 aliphatic carbocycles. The van der Waals surface area contributed by atoms with E-state index in [4.69, 9.17) is 10.4 Å². The summed E-state index contributed by atoms with van der Waals surface area (Å²) in [5.41, 5.74) is 11.0. The average molecular weight is 448 g/mol. The lowest BCUT2D eigenvalue weighted by molar-refractivity contribution is 0.0945. The number of hydrogen-bond acceptors (Lipinski definition) is 9. The summed E-state index contributed by atoms with van der Waals surface area (Å²) in [5.74, 6) is -0.215. The minimum absolute atomic E-state index is 0.0668. The van der Waals surface area contributed by atoms with Crippen LogP contribution in [-0.4, -0.2) is 59.9 Å². The summed E-state index contributed by atoms with van der Waals surface area (Å²) in [6.07, 6.45) is 6.79. The molecule has 1 saturated heterocycles. The number of benzene rings is 1. The molecule has 1 unspecified atom stereocenters. The van der Waals surface area contributed by atoms with Crippen LogP contribution in [-0.2, 0) is 6.54 Å². The van der Waals surface area contributed by atoms with Gasteiger partial charge in [0.15, 0.2) is 5.69 Å². The number of carbonyl (C=O) groups excluding carboxylic acids is 1. The molecule has 1 amide bonds. The Balaban J connectivity index is 1.41. The number of likely N-dealkylation sites (tertiary alicyclic amines) is 1. The molecule has 170 valence electrons. The summed E-state index contributed by atoms with van der Waals surface area (Å²) in [5, 5.41) is 20.8. The molecule has 4 N–H and O–H groups in total. The van der Waals surface area contributed by atoms with E-state index in [2.05, 4.69) is 48.0 Å². The first-order valence-corrected chi connectivity index (χ1v) is 10.8. The molecule has 0 bridgehead atoms. The smallest absolute Gasteiger partial charge is 0.293 e. The topological polar surface area (TPSA) is 156 Å². The van der Waals surface area contributed by atoms with E-state index in [1.165, 1.54) is 11.1 Å². The second-order valence-electron chi connectivity index (χ2n) is 8.07. The molecular weight excluding hydrogens is 424 g/mol. The predicted octanol–water partition coefficient (Wildman–Crippen LogP) is 1.85. The monoisotopic (exact) mass is 448 g/mol. The van der Waals surface area contributed by atoms with Gasteiger partial charge in [0.25, 0.3) is 5.91 Å². The summed E-state index contributed by atoms with van der Waals surface area (Å²) >= 11 is 0. The Kier molecular flexibility index (Phi) is 5.57. The lowest BCUT2D eigenvalue weighted by atomic mass is 10.0. The Labute approximate surface area is 188 Å². The average Bonchev–Trinajstić information content (AvgIpc) is 3.54. The molecule has 5 rings (SSSR count). The number of nitrogens with one attached hydrogen (secondary N) is 2. The number of amides is 1. The third kappa shape index (κ3) is 4.07. The number of aromatic nitrogens is 6. The van der Waals surface area contributed by atoms with E-state index in [-0.39, 0.29) is 17.3 Å². The van der Waals surface area contributed by atoms with Gasteiger partial charge in [-0.25, -0.2) is 10.1 Å². The normalized spacial score (nSPS) is 17.2. The van der Waals surface area contributed by atoms with E-state index >= 15 is 0 Å². The molecule has 1 aliphatic heterocycles. The SMILES string of the molecule is CC1CCCCN1Cc1c(C(=O)NN=Cc2c[nH]c3ccccc23)nnn1-c1nonc1N. The number of aromatic amines is 1. The van der Waals surface area contributed by atoms with Crippen molar-refractivity contribution in [1.82, 2.24) is 40.6 Å². The van der Waals surface area contributed by atoms with Crippen LogP contribution >= 0.6 is 0 Å². The van der Waals surface area contributed by atoms with Crippen LogP contribution in [0.5, 0.6) is 0 Å². The molecule has 4 aromatic rings. The highest BCUT2D eigenvalue weighted by molar-refractivity contribution is 6.00. The molecule has 1 fully saturated rings. The van der Waals surface area contributed by atoms with Crippen molar-refractivity contribution in [2.24, 2.45) is 5.10 Å². The number of H-pyrrole nitrogens is 1. The second kappa shape index (κ2) is 8.82. The molecule has 4 heterocycles. The largest absolute Gasteiger partial charge is 0.378 e. The Bertz CT molecular complexity index is 1300. The predicted molar refractivity (Wildman–Crippen MR) is 121 cm³/mol. The molecule has 33 heavy (non-hydrogen) atoms. The minimum atomic E-state index is -0.480. The van der Waals surface area contributed by atoms with Crippen molar-refractivity contribution < 1.29 is 9.42 Å². The highest BCUT2D eigenvalue weighted by Crippen LogP contribution is 2.23. The first-order chi connectivity index (χ1) is 16.1. The number of hydrazone groups is 1. The summed E-state index contributed by atoms with van der Waals surface area (Å²) in [4.78, 5) is 18.4. The van der Waals surface area contributed by atoms with Crippen molar-refractivity contribution in [3.8, 4) is 5.82 Å². The van der Waals surface area contributed by atoms with E-state index in [9.17, 15) is 4.79 Å². The van der Waals surface area contributed by atoms with Crippen LogP contribution in [0, 0.1) is 0 Å². The highest BCUT2D eigenvalue weighted by atomic mass is 16.6. The lowest BCUT2D eigenvalue weighted by Gasteiger charge is -2.33. The van der Waals surface area contributed by atoms with Crippen LogP contribution in [0.15, 0.2) is 40.2 Å². The maximum atomic E-state index is 13.0. The van der Waals surface area contributed by atoms with E-state index < -0.39 is 5.91 Å². The van der Waals surface area contributed by atoms with Gasteiger partial charge in [0.1, 0.15) is 0 Å². The number of nitrogens with zero attached hydrogens (tertiary/aromatic N) is 7. The van der Waals surface area contributed by atoms with Gasteiger partial charge < -0.3 is 10.7 Å². The van der Waals surface area contributed by atoms with Crippen LogP contribution in [0.4, 0.5) is 5.82 Å². The number of para-hydroxylation sites is 1. The van der Waals surface area contributed by atoms with E-state index in [1.807, 2.05) is 30.5 Å². The Morgan fingerprint density at radius 2 is 2.24 bits per heavy atom. The maximum absolute atomic E-state index is 13.0. The Morgan fingerprint density at radius 3 is 3.06 bits per heavy atom. The van der Waals surface area contributed by atoms with Crippen LogP contribution in [0.1, 0.15) is 47.9 Å². The number of anilines is 1. The number of piperidine rings is 1. The van der Waals surface area contributed by atoms with Crippen LogP contribution < -0.4 is 11.2 Å². The first-order valence-electron chi connectivity index (χ1n) is 10.8. The van der Waals surface area contributed by atoms with E-state index in [0.29, 0.717) is 18.3 Å². The number of nitrogen functional groups attached to an aromatic ring is 1. The third-order valence-corrected chi connectivity index (χ3v) is 5.96. The van der Waals surface area contributed by atoms with Crippen LogP contribution in [0.25, 0.3) is 16.7 Å². The summed E-state index contributed by atoms with van der Waals surface area (Å²) in [6, 6.07) is 8.22. The van der Waals surface area contributed by atoms with Gasteiger partial charge in [0, 0.05) is 35.2 Å². The standard InChI is InChI=1S/C21H24N10O2/c1-13-6-4-5-9-30(13)12-17-18(25-29-31(17)20-19(22)27-33-28-20)21(32)26-24-11-14-10-23-16-8-3-2-7-15(14)16/h2-3,7-8,10-11,13,23H,4-6,9,12H2,1H3,(H2,22,27)(H,26,32). The van der Waals surface area contributed by atoms with Crippen molar-refractivity contribution >= 4 is 28.8 Å². The molecule has 0 radical (unpaired) electrons. The fourth-order valence-corrected chi connectivity index (χ4v) is 4.13. The Morgan fingerprint density at radius 1 is 1.36 bits per heavy atom. The van der Waals surface area contributed by atoms with Crippen molar-refractivity contribution in [2.75, 3.05) is 12.3 Å². The molecule has 12 heteroatoms. The summed E-state index contributed by atoms with van der Waals surface area (Å²) in [7, 11) is 0. The molecule has 1 atom stereocenters. The van der Waals surface area contributed by atoms with Gasteiger partial charge in [0.2, 0.25) is 11.6 Å². The minimum Gasteiger partial charge on any atom is -0.378 e. The number of fused-ring (bicyclic) bond motifs is 1. The lowest BCUT2D eigenvalue weighted by Crippen LogP contribution is -2.38. The Hall–Kier alpha value is -4.06. The van der Waals surface area contributed by atoms with Gasteiger partial charge >= 0.3 is 0 Å². The van der Waals surface area contributed by atoms with Gasteiger partial charge in [0.05, 0.1) is 11.9 Å². The zero-order valence-electron chi connectivity index (χ0n) is 18.1. The maximum Gasteiger partial charge on any atom is 0.293 e. The molecule has 0 saturated carbocycles. The second-order valence-corrected chi connectivity index (χ2v) is 8.07. The fourth-order valence-electron chi connectivity index (χ4n) is 4.13. The van der Waals surface area contributed by atoms with Gasteiger partial charge in [-0.1, -0.05) is 29.8 Å². The number of rotatable bonds is 6. The molecule has 3 aromatic heterocycles. The van der Waals surface area contributed by atoms with Crippen molar-refractivity contribution in [1.29, 1.82) is 0 Å².